The minimum atomic E-state index is -3.39. The van der Waals surface area contributed by atoms with Crippen LogP contribution in [-0.2, 0) is 22.9 Å². The number of sulfonamides is 1. The molecule has 0 saturated carbocycles. The van der Waals surface area contributed by atoms with Crippen molar-refractivity contribution >= 4 is 10.0 Å². The number of aryl methyl sites for hydroxylation is 1. The number of unbranched alkanes of at least 4 members (excludes halogenated alkanes) is 1. The Morgan fingerprint density at radius 1 is 0.964 bits per heavy atom. The molecule has 0 amide bonds. The van der Waals surface area contributed by atoms with Gasteiger partial charge in [-0.3, -0.25) is 0 Å². The second-order valence-corrected chi connectivity index (χ2v) is 9.59. The Morgan fingerprint density at radius 3 is 2.14 bits per heavy atom. The molecule has 0 radical (unpaired) electrons. The number of piperidine rings is 1. The Kier molecular flexibility index (Phi) is 7.13. The van der Waals surface area contributed by atoms with Gasteiger partial charge >= 0.3 is 0 Å². The zero-order chi connectivity index (χ0) is 20.0. The lowest BCUT2D eigenvalue weighted by molar-refractivity contribution is 0.273. The molecule has 1 saturated heterocycles. The Balaban J connectivity index is 1.56. The van der Waals surface area contributed by atoms with Crippen LogP contribution >= 0.6 is 0 Å². The van der Waals surface area contributed by atoms with Crippen LogP contribution < -0.4 is 4.74 Å². The van der Waals surface area contributed by atoms with Gasteiger partial charge in [0, 0.05) is 13.1 Å². The summed E-state index contributed by atoms with van der Waals surface area (Å²) < 4.78 is 32.8. The summed E-state index contributed by atoms with van der Waals surface area (Å²) in [6.07, 6.45) is 6.08. The van der Waals surface area contributed by atoms with Crippen molar-refractivity contribution in [3.63, 3.8) is 0 Å². The van der Waals surface area contributed by atoms with E-state index in [1.54, 1.807) is 23.5 Å². The summed E-state index contributed by atoms with van der Waals surface area (Å²) in [6, 6.07) is 15.6. The summed E-state index contributed by atoms with van der Waals surface area (Å²) in [5, 5.41) is 0. The highest BCUT2D eigenvalue weighted by atomic mass is 32.2. The number of ether oxygens (including phenoxy) is 1. The molecule has 1 fully saturated rings. The standard InChI is InChI=1S/C23H31NO3S/c1-3-4-5-19-8-12-23(13-9-19)28(25,26)24-16-14-21(15-17-24)18-20-6-10-22(27-2)11-7-20/h6-13,21H,3-5,14-18H2,1-2H3. The molecule has 0 atom stereocenters. The first-order chi connectivity index (χ1) is 13.5. The molecule has 4 nitrogen and oxygen atoms in total. The van der Waals surface area contributed by atoms with Crippen molar-refractivity contribution in [3.8, 4) is 5.75 Å². The third kappa shape index (κ3) is 5.15. The third-order valence-electron chi connectivity index (χ3n) is 5.64. The summed E-state index contributed by atoms with van der Waals surface area (Å²) in [4.78, 5) is 0.418. The first-order valence-electron chi connectivity index (χ1n) is 10.2. The zero-order valence-electron chi connectivity index (χ0n) is 16.9. The Labute approximate surface area is 169 Å². The van der Waals surface area contributed by atoms with E-state index in [2.05, 4.69) is 19.1 Å². The quantitative estimate of drug-likeness (QED) is 0.645. The van der Waals surface area contributed by atoms with Gasteiger partial charge < -0.3 is 4.74 Å². The average molecular weight is 402 g/mol. The maximum Gasteiger partial charge on any atom is 0.243 e. The second kappa shape index (κ2) is 9.57. The van der Waals surface area contributed by atoms with E-state index in [4.69, 9.17) is 4.74 Å². The lowest BCUT2D eigenvalue weighted by Crippen LogP contribution is -2.38. The van der Waals surface area contributed by atoms with Crippen LogP contribution in [0.1, 0.15) is 43.7 Å². The van der Waals surface area contributed by atoms with E-state index in [0.29, 0.717) is 23.9 Å². The van der Waals surface area contributed by atoms with Crippen molar-refractivity contribution in [1.82, 2.24) is 4.31 Å². The zero-order valence-corrected chi connectivity index (χ0v) is 17.7. The molecule has 0 aromatic heterocycles. The molecule has 5 heteroatoms. The average Bonchev–Trinajstić information content (AvgIpc) is 2.73. The summed E-state index contributed by atoms with van der Waals surface area (Å²) in [6.45, 7) is 3.36. The van der Waals surface area contributed by atoms with Crippen molar-refractivity contribution in [2.24, 2.45) is 5.92 Å². The van der Waals surface area contributed by atoms with Gasteiger partial charge in [0.25, 0.3) is 0 Å². The molecule has 0 N–H and O–H groups in total. The summed E-state index contributed by atoms with van der Waals surface area (Å²) >= 11 is 0. The van der Waals surface area contributed by atoms with Gasteiger partial charge in [0.15, 0.2) is 0 Å². The molecule has 152 valence electrons. The van der Waals surface area contributed by atoms with Crippen LogP contribution in [-0.4, -0.2) is 32.9 Å². The van der Waals surface area contributed by atoms with Crippen molar-refractivity contribution in [1.29, 1.82) is 0 Å². The van der Waals surface area contributed by atoms with Crippen LogP contribution in [0.25, 0.3) is 0 Å². The van der Waals surface area contributed by atoms with E-state index >= 15 is 0 Å². The second-order valence-electron chi connectivity index (χ2n) is 7.65. The molecule has 1 aliphatic rings. The van der Waals surface area contributed by atoms with Crippen molar-refractivity contribution < 1.29 is 13.2 Å². The highest BCUT2D eigenvalue weighted by Crippen LogP contribution is 2.27. The number of hydrogen-bond acceptors (Lipinski definition) is 3. The van der Waals surface area contributed by atoms with Gasteiger partial charge in [-0.25, -0.2) is 8.42 Å². The molecule has 1 aliphatic heterocycles. The molecule has 0 unspecified atom stereocenters. The lowest BCUT2D eigenvalue weighted by Gasteiger charge is -2.31. The molecule has 3 rings (SSSR count). The van der Waals surface area contributed by atoms with Crippen LogP contribution in [0.3, 0.4) is 0 Å². The molecular formula is C23H31NO3S. The fraction of sp³-hybridized carbons (Fsp3) is 0.478. The van der Waals surface area contributed by atoms with Crippen LogP contribution in [0.2, 0.25) is 0 Å². The fourth-order valence-electron chi connectivity index (χ4n) is 3.81. The predicted octanol–water partition coefficient (Wildman–Crippen LogP) is 4.68. The van der Waals surface area contributed by atoms with Gasteiger partial charge in [0.05, 0.1) is 12.0 Å². The number of rotatable bonds is 8. The van der Waals surface area contributed by atoms with Crippen molar-refractivity contribution in [3.05, 3.63) is 59.7 Å². The van der Waals surface area contributed by atoms with Gasteiger partial charge in [-0.2, -0.15) is 4.31 Å². The molecule has 28 heavy (non-hydrogen) atoms. The molecule has 2 aromatic rings. The van der Waals surface area contributed by atoms with E-state index < -0.39 is 10.0 Å². The summed E-state index contributed by atoms with van der Waals surface area (Å²) in [5.41, 5.74) is 2.49. The van der Waals surface area contributed by atoms with Crippen molar-refractivity contribution in [2.45, 2.75) is 50.3 Å². The van der Waals surface area contributed by atoms with Gasteiger partial charge in [0.2, 0.25) is 10.0 Å². The first kappa shape index (κ1) is 20.9. The topological polar surface area (TPSA) is 46.6 Å². The third-order valence-corrected chi connectivity index (χ3v) is 7.55. The van der Waals surface area contributed by atoms with Crippen LogP contribution in [0.15, 0.2) is 53.4 Å². The first-order valence-corrected chi connectivity index (χ1v) is 11.7. The Morgan fingerprint density at radius 2 is 1.57 bits per heavy atom. The number of hydrogen-bond donors (Lipinski definition) is 0. The van der Waals surface area contributed by atoms with Crippen molar-refractivity contribution in [2.75, 3.05) is 20.2 Å². The summed E-state index contributed by atoms with van der Waals surface area (Å²) in [5.74, 6) is 1.39. The highest BCUT2D eigenvalue weighted by Gasteiger charge is 2.29. The van der Waals surface area contributed by atoms with Crippen LogP contribution in [0, 0.1) is 5.92 Å². The largest absolute Gasteiger partial charge is 0.497 e. The number of benzene rings is 2. The highest BCUT2D eigenvalue weighted by molar-refractivity contribution is 7.89. The van der Waals surface area contributed by atoms with Gasteiger partial charge in [-0.05, 0) is 73.4 Å². The maximum absolute atomic E-state index is 13.0. The molecule has 0 aliphatic carbocycles. The number of nitrogens with zero attached hydrogens (tertiary/aromatic N) is 1. The maximum atomic E-state index is 13.0. The smallest absolute Gasteiger partial charge is 0.243 e. The normalized spacial score (nSPS) is 16.2. The lowest BCUT2D eigenvalue weighted by atomic mass is 9.91. The van der Waals surface area contributed by atoms with Crippen LogP contribution in [0.4, 0.5) is 0 Å². The molecule has 1 heterocycles. The molecule has 0 bridgehead atoms. The molecule has 2 aromatic carbocycles. The number of methoxy groups -OCH3 is 1. The molecule has 0 spiro atoms. The van der Waals surface area contributed by atoms with E-state index in [9.17, 15) is 8.42 Å². The van der Waals surface area contributed by atoms with Crippen LogP contribution in [0.5, 0.6) is 5.75 Å². The van der Waals surface area contributed by atoms with Gasteiger partial charge in [-0.1, -0.05) is 37.6 Å². The minimum absolute atomic E-state index is 0.418. The molecular weight excluding hydrogens is 370 g/mol. The summed E-state index contributed by atoms with van der Waals surface area (Å²) in [7, 11) is -1.72. The monoisotopic (exact) mass is 401 g/mol. The Bertz CT molecular complexity index is 836. The van der Waals surface area contributed by atoms with Gasteiger partial charge in [0.1, 0.15) is 5.75 Å². The van der Waals surface area contributed by atoms with E-state index in [0.717, 1.165) is 44.3 Å². The predicted molar refractivity (Wildman–Crippen MR) is 113 cm³/mol. The SMILES string of the molecule is CCCCc1ccc(S(=O)(=O)N2CCC(Cc3ccc(OC)cc3)CC2)cc1. The van der Waals surface area contributed by atoms with E-state index in [1.165, 1.54) is 11.1 Å². The minimum Gasteiger partial charge on any atom is -0.497 e. The van der Waals surface area contributed by atoms with Gasteiger partial charge in [-0.15, -0.1) is 0 Å². The Hall–Kier alpha value is -1.85. The van der Waals surface area contributed by atoms with E-state index in [-0.39, 0.29) is 0 Å². The van der Waals surface area contributed by atoms with E-state index in [1.807, 2.05) is 24.3 Å². The fourth-order valence-corrected chi connectivity index (χ4v) is 5.28.